The van der Waals surface area contributed by atoms with E-state index in [4.69, 9.17) is 10.6 Å². The zero-order chi connectivity index (χ0) is 12.0. The highest BCUT2D eigenvalue weighted by Gasteiger charge is 2.19. The Balaban J connectivity index is 2.57. The lowest BCUT2D eigenvalue weighted by Crippen LogP contribution is -2.31. The van der Waals surface area contributed by atoms with Crippen molar-refractivity contribution in [2.45, 2.75) is 38.3 Å². The summed E-state index contributed by atoms with van der Waals surface area (Å²) in [6.45, 7) is 4.18. The van der Waals surface area contributed by atoms with Crippen molar-refractivity contribution >= 4 is 0 Å². The van der Waals surface area contributed by atoms with Crippen LogP contribution in [0.3, 0.4) is 0 Å². The van der Waals surface area contributed by atoms with Gasteiger partial charge in [-0.05, 0) is 32.3 Å². The van der Waals surface area contributed by atoms with Crippen LogP contribution in [0.15, 0.2) is 30.3 Å². The van der Waals surface area contributed by atoms with Crippen molar-refractivity contribution in [1.82, 2.24) is 5.43 Å². The number of ether oxygens (including phenoxy) is 1. The molecule has 0 aliphatic rings. The average Bonchev–Trinajstić information content (AvgIpc) is 2.31. The van der Waals surface area contributed by atoms with E-state index in [2.05, 4.69) is 31.4 Å². The minimum atomic E-state index is -0.0934. The molecule has 0 spiro atoms. The van der Waals surface area contributed by atoms with Crippen LogP contribution in [0.2, 0.25) is 0 Å². The predicted molar refractivity (Wildman–Crippen MR) is 66.8 cm³/mol. The Morgan fingerprint density at radius 2 is 1.94 bits per heavy atom. The Morgan fingerprint density at radius 3 is 2.44 bits per heavy atom. The lowest BCUT2D eigenvalue weighted by atomic mass is 9.95. The van der Waals surface area contributed by atoms with Crippen LogP contribution >= 0.6 is 0 Å². The van der Waals surface area contributed by atoms with Crippen molar-refractivity contribution in [3.8, 4) is 0 Å². The first-order valence-corrected chi connectivity index (χ1v) is 5.65. The number of methoxy groups -OCH3 is 1. The molecule has 90 valence electrons. The van der Waals surface area contributed by atoms with E-state index in [1.54, 1.807) is 7.11 Å². The average molecular weight is 222 g/mol. The molecule has 1 aromatic rings. The Morgan fingerprint density at radius 1 is 1.31 bits per heavy atom. The Labute approximate surface area is 98.0 Å². The topological polar surface area (TPSA) is 47.3 Å². The van der Waals surface area contributed by atoms with Crippen molar-refractivity contribution < 1.29 is 4.74 Å². The van der Waals surface area contributed by atoms with Gasteiger partial charge in [-0.2, -0.15) is 0 Å². The van der Waals surface area contributed by atoms with E-state index < -0.39 is 0 Å². The van der Waals surface area contributed by atoms with Crippen molar-refractivity contribution in [1.29, 1.82) is 0 Å². The van der Waals surface area contributed by atoms with Crippen LogP contribution in [0.5, 0.6) is 0 Å². The predicted octanol–water partition coefficient (Wildman–Crippen LogP) is 2.40. The molecule has 0 heterocycles. The third-order valence-electron chi connectivity index (χ3n) is 2.99. The first-order valence-electron chi connectivity index (χ1n) is 5.65. The van der Waals surface area contributed by atoms with E-state index in [9.17, 15) is 0 Å². The molecule has 3 N–H and O–H groups in total. The van der Waals surface area contributed by atoms with E-state index in [1.807, 2.05) is 18.2 Å². The van der Waals surface area contributed by atoms with Crippen molar-refractivity contribution in [2.24, 2.45) is 5.84 Å². The van der Waals surface area contributed by atoms with Gasteiger partial charge in [0.2, 0.25) is 0 Å². The maximum atomic E-state index is 5.58. The standard InChI is InChI=1S/C13H22N2O/c1-13(2,16-3)10-9-12(15-14)11-7-5-4-6-8-11/h4-8,12,15H,9-10,14H2,1-3H3. The van der Waals surface area contributed by atoms with Crippen LogP contribution in [0.25, 0.3) is 0 Å². The number of nitrogens with one attached hydrogen (secondary N) is 1. The summed E-state index contributed by atoms with van der Waals surface area (Å²) in [6.07, 6.45) is 1.93. The van der Waals surface area contributed by atoms with Crippen LogP contribution in [0.4, 0.5) is 0 Å². The highest BCUT2D eigenvalue weighted by molar-refractivity contribution is 5.18. The number of hydrazine groups is 1. The fraction of sp³-hybridized carbons (Fsp3) is 0.538. The molecular weight excluding hydrogens is 200 g/mol. The Bertz CT molecular complexity index is 298. The molecule has 3 nitrogen and oxygen atoms in total. The van der Waals surface area contributed by atoms with Crippen LogP contribution in [-0.4, -0.2) is 12.7 Å². The monoisotopic (exact) mass is 222 g/mol. The molecule has 0 aromatic heterocycles. The largest absolute Gasteiger partial charge is 0.379 e. The zero-order valence-corrected chi connectivity index (χ0v) is 10.4. The van der Waals surface area contributed by atoms with Crippen LogP contribution < -0.4 is 11.3 Å². The van der Waals surface area contributed by atoms with Gasteiger partial charge in [-0.15, -0.1) is 0 Å². The lowest BCUT2D eigenvalue weighted by Gasteiger charge is -2.25. The summed E-state index contributed by atoms with van der Waals surface area (Å²) in [5.74, 6) is 5.58. The van der Waals surface area contributed by atoms with E-state index in [1.165, 1.54) is 5.56 Å². The quantitative estimate of drug-likeness (QED) is 0.574. The highest BCUT2D eigenvalue weighted by atomic mass is 16.5. The van der Waals surface area contributed by atoms with Gasteiger partial charge >= 0.3 is 0 Å². The molecule has 0 radical (unpaired) electrons. The van der Waals surface area contributed by atoms with E-state index in [-0.39, 0.29) is 11.6 Å². The molecule has 0 fully saturated rings. The van der Waals surface area contributed by atoms with Crippen molar-refractivity contribution in [3.63, 3.8) is 0 Å². The third kappa shape index (κ3) is 3.93. The first-order chi connectivity index (χ1) is 7.59. The summed E-state index contributed by atoms with van der Waals surface area (Å²) in [5.41, 5.74) is 3.99. The molecule has 1 unspecified atom stereocenters. The van der Waals surface area contributed by atoms with Crippen LogP contribution in [-0.2, 0) is 4.74 Å². The second kappa shape index (κ2) is 5.99. The summed E-state index contributed by atoms with van der Waals surface area (Å²) in [7, 11) is 1.74. The normalized spacial score (nSPS) is 13.8. The SMILES string of the molecule is COC(C)(C)CCC(NN)c1ccccc1. The summed E-state index contributed by atoms with van der Waals surface area (Å²) in [4.78, 5) is 0. The number of hydrogen-bond donors (Lipinski definition) is 2. The molecule has 1 atom stereocenters. The molecule has 0 aliphatic carbocycles. The van der Waals surface area contributed by atoms with Crippen molar-refractivity contribution in [2.75, 3.05) is 7.11 Å². The summed E-state index contributed by atoms with van der Waals surface area (Å²) >= 11 is 0. The van der Waals surface area contributed by atoms with Gasteiger partial charge in [0.15, 0.2) is 0 Å². The maximum Gasteiger partial charge on any atom is 0.0623 e. The highest BCUT2D eigenvalue weighted by Crippen LogP contribution is 2.23. The number of benzene rings is 1. The first kappa shape index (κ1) is 13.2. The van der Waals surface area contributed by atoms with Gasteiger partial charge in [0.25, 0.3) is 0 Å². The van der Waals surface area contributed by atoms with Gasteiger partial charge in [0.05, 0.1) is 5.60 Å². The lowest BCUT2D eigenvalue weighted by molar-refractivity contribution is 0.0117. The molecule has 1 aromatic carbocycles. The molecular formula is C13H22N2O. The molecule has 0 aliphatic heterocycles. The number of hydrogen-bond acceptors (Lipinski definition) is 3. The minimum absolute atomic E-state index is 0.0934. The molecule has 3 heteroatoms. The smallest absolute Gasteiger partial charge is 0.0623 e. The van der Waals surface area contributed by atoms with Gasteiger partial charge in [-0.25, -0.2) is 0 Å². The second-order valence-corrected chi connectivity index (χ2v) is 4.63. The minimum Gasteiger partial charge on any atom is -0.379 e. The third-order valence-corrected chi connectivity index (χ3v) is 2.99. The van der Waals surface area contributed by atoms with Gasteiger partial charge in [-0.3, -0.25) is 11.3 Å². The molecule has 0 amide bonds. The van der Waals surface area contributed by atoms with E-state index in [0.717, 1.165) is 12.8 Å². The van der Waals surface area contributed by atoms with Crippen molar-refractivity contribution in [3.05, 3.63) is 35.9 Å². The second-order valence-electron chi connectivity index (χ2n) is 4.63. The molecule has 0 saturated carbocycles. The fourth-order valence-corrected chi connectivity index (χ4v) is 1.63. The Hall–Kier alpha value is -0.900. The molecule has 1 rings (SSSR count). The van der Waals surface area contributed by atoms with Gasteiger partial charge < -0.3 is 4.74 Å². The Kier molecular flexibility index (Phi) is 4.93. The summed E-state index contributed by atoms with van der Waals surface area (Å²) in [5, 5.41) is 0. The molecule has 0 saturated heterocycles. The number of nitrogens with two attached hydrogens (primary N) is 1. The van der Waals surface area contributed by atoms with Gasteiger partial charge in [0.1, 0.15) is 0 Å². The van der Waals surface area contributed by atoms with E-state index >= 15 is 0 Å². The summed E-state index contributed by atoms with van der Waals surface area (Å²) in [6, 6.07) is 10.4. The molecule has 0 bridgehead atoms. The van der Waals surface area contributed by atoms with E-state index in [0.29, 0.717) is 0 Å². The number of rotatable bonds is 6. The van der Waals surface area contributed by atoms with Crippen LogP contribution in [0.1, 0.15) is 38.3 Å². The molecule has 16 heavy (non-hydrogen) atoms. The zero-order valence-electron chi connectivity index (χ0n) is 10.4. The fourth-order valence-electron chi connectivity index (χ4n) is 1.63. The summed E-state index contributed by atoms with van der Waals surface area (Å²) < 4.78 is 5.40. The van der Waals surface area contributed by atoms with Gasteiger partial charge in [-0.1, -0.05) is 30.3 Å². The maximum absolute atomic E-state index is 5.58. The van der Waals surface area contributed by atoms with Crippen LogP contribution in [0, 0.1) is 0 Å². The van der Waals surface area contributed by atoms with Gasteiger partial charge in [0, 0.05) is 13.2 Å².